The van der Waals surface area contributed by atoms with Crippen LogP contribution in [0, 0.1) is 6.92 Å². The number of hydrogen-bond donors (Lipinski definition) is 1. The number of rotatable bonds is 3. The molecule has 0 saturated carbocycles. The number of hydrogen-bond acceptors (Lipinski definition) is 4. The highest BCUT2D eigenvalue weighted by molar-refractivity contribution is 8.14. The van der Waals surface area contributed by atoms with Gasteiger partial charge >= 0.3 is 0 Å². The van der Waals surface area contributed by atoms with Gasteiger partial charge in [0, 0.05) is 11.3 Å². The zero-order valence-corrected chi connectivity index (χ0v) is 14.8. The third-order valence-corrected chi connectivity index (χ3v) is 5.13. The van der Waals surface area contributed by atoms with Crippen molar-refractivity contribution in [1.82, 2.24) is 0 Å². The van der Waals surface area contributed by atoms with Crippen LogP contribution in [0.2, 0.25) is 0 Å². The second kappa shape index (κ2) is 7.03. The summed E-state index contributed by atoms with van der Waals surface area (Å²) < 4.78 is 0. The van der Waals surface area contributed by atoms with Crippen LogP contribution in [0.4, 0.5) is 17.1 Å². The van der Waals surface area contributed by atoms with Crippen molar-refractivity contribution in [3.8, 4) is 0 Å². The van der Waals surface area contributed by atoms with E-state index in [4.69, 9.17) is 0 Å². The van der Waals surface area contributed by atoms with Gasteiger partial charge in [0.15, 0.2) is 0 Å². The predicted molar refractivity (Wildman–Crippen MR) is 109 cm³/mol. The highest BCUT2D eigenvalue weighted by Crippen LogP contribution is 2.37. The maximum atomic E-state index is 4.64. The lowest BCUT2D eigenvalue weighted by Gasteiger charge is -2.31. The van der Waals surface area contributed by atoms with E-state index >= 15 is 0 Å². The molecule has 124 valence electrons. The van der Waals surface area contributed by atoms with Crippen LogP contribution >= 0.6 is 11.8 Å². The van der Waals surface area contributed by atoms with Crippen molar-refractivity contribution in [1.29, 1.82) is 0 Å². The molecule has 0 unspecified atom stereocenters. The van der Waals surface area contributed by atoms with E-state index in [9.17, 15) is 0 Å². The summed E-state index contributed by atoms with van der Waals surface area (Å²) in [4.78, 5) is 2.33. The number of thioether (sulfide) groups is 1. The van der Waals surface area contributed by atoms with Gasteiger partial charge < -0.3 is 4.90 Å². The van der Waals surface area contributed by atoms with Crippen molar-refractivity contribution >= 4 is 33.9 Å². The number of para-hydroxylation sites is 2. The van der Waals surface area contributed by atoms with E-state index in [1.165, 1.54) is 16.9 Å². The summed E-state index contributed by atoms with van der Waals surface area (Å²) in [7, 11) is 0. The van der Waals surface area contributed by atoms with Crippen molar-refractivity contribution < 1.29 is 0 Å². The number of fused-ring (bicyclic) bond motifs is 1. The Morgan fingerprint density at radius 1 is 0.880 bits per heavy atom. The van der Waals surface area contributed by atoms with E-state index in [2.05, 4.69) is 70.9 Å². The van der Waals surface area contributed by atoms with Gasteiger partial charge in [-0.1, -0.05) is 65.9 Å². The van der Waals surface area contributed by atoms with Crippen LogP contribution in [0.25, 0.3) is 0 Å². The van der Waals surface area contributed by atoms with Gasteiger partial charge in [0.25, 0.3) is 0 Å². The number of nitrogens with one attached hydrogen (secondary N) is 1. The number of nitrogens with zero attached hydrogens (tertiary/aromatic N) is 2. The molecule has 4 heteroatoms. The molecule has 0 radical (unpaired) electrons. The fourth-order valence-electron chi connectivity index (χ4n) is 2.82. The van der Waals surface area contributed by atoms with Gasteiger partial charge in [-0.05, 0) is 37.3 Å². The molecule has 0 saturated heterocycles. The Bertz CT molecular complexity index is 889. The Labute approximate surface area is 152 Å². The summed E-state index contributed by atoms with van der Waals surface area (Å²) in [6, 6.07) is 27.1. The second-order valence-corrected chi connectivity index (χ2v) is 6.88. The average Bonchev–Trinajstić information content (AvgIpc) is 2.68. The molecule has 4 rings (SSSR count). The maximum absolute atomic E-state index is 4.64. The van der Waals surface area contributed by atoms with Gasteiger partial charge in [-0.15, -0.1) is 0 Å². The third-order valence-electron chi connectivity index (χ3n) is 4.16. The van der Waals surface area contributed by atoms with Gasteiger partial charge in [-0.25, -0.2) is 0 Å². The first-order valence-corrected chi connectivity index (χ1v) is 9.25. The standard InChI is InChI=1S/C21H19N3S/c1-16-11-13-18(14-12-16)24-15-25-21(19-9-5-6-10-20(19)24)23-22-17-7-3-2-4-8-17/h2-14,22H,15H2,1H3/b23-21+. The van der Waals surface area contributed by atoms with Gasteiger partial charge in [0.05, 0.1) is 17.3 Å². The Morgan fingerprint density at radius 3 is 2.40 bits per heavy atom. The van der Waals surface area contributed by atoms with E-state index in [-0.39, 0.29) is 0 Å². The smallest absolute Gasteiger partial charge is 0.127 e. The monoisotopic (exact) mass is 345 g/mol. The molecule has 1 aliphatic rings. The quantitative estimate of drug-likeness (QED) is 0.625. The van der Waals surface area contributed by atoms with E-state index in [0.717, 1.165) is 22.2 Å². The molecule has 0 aromatic heterocycles. The van der Waals surface area contributed by atoms with E-state index < -0.39 is 0 Å². The molecule has 3 aromatic rings. The number of anilines is 3. The summed E-state index contributed by atoms with van der Waals surface area (Å²) in [6.07, 6.45) is 0. The van der Waals surface area contributed by atoms with Crippen LogP contribution in [0.3, 0.4) is 0 Å². The van der Waals surface area contributed by atoms with E-state index in [0.29, 0.717) is 0 Å². The molecule has 1 N–H and O–H groups in total. The van der Waals surface area contributed by atoms with Crippen LogP contribution in [0.15, 0.2) is 84.0 Å². The summed E-state index contributed by atoms with van der Waals surface area (Å²) in [5, 5.41) is 5.66. The van der Waals surface area contributed by atoms with Crippen molar-refractivity contribution in [2.45, 2.75) is 6.92 Å². The Morgan fingerprint density at radius 2 is 1.60 bits per heavy atom. The molecule has 3 aromatic carbocycles. The van der Waals surface area contributed by atoms with Crippen molar-refractivity contribution in [2.24, 2.45) is 5.10 Å². The zero-order valence-electron chi connectivity index (χ0n) is 14.0. The fourth-order valence-corrected chi connectivity index (χ4v) is 3.80. The topological polar surface area (TPSA) is 27.6 Å². The van der Waals surface area contributed by atoms with Crippen molar-refractivity contribution in [2.75, 3.05) is 16.2 Å². The third kappa shape index (κ3) is 3.39. The van der Waals surface area contributed by atoms with E-state index in [1.54, 1.807) is 11.8 Å². The van der Waals surface area contributed by atoms with Crippen LogP contribution in [0.1, 0.15) is 11.1 Å². The van der Waals surface area contributed by atoms with Crippen LogP contribution < -0.4 is 10.3 Å². The molecule has 25 heavy (non-hydrogen) atoms. The first-order chi connectivity index (χ1) is 12.3. The Balaban J connectivity index is 1.66. The molecule has 0 fully saturated rings. The molecule has 3 nitrogen and oxygen atoms in total. The van der Waals surface area contributed by atoms with Crippen molar-refractivity contribution in [3.05, 3.63) is 90.0 Å². The largest absolute Gasteiger partial charge is 0.331 e. The molecule has 0 atom stereocenters. The van der Waals surface area contributed by atoms with Crippen molar-refractivity contribution in [3.63, 3.8) is 0 Å². The minimum absolute atomic E-state index is 0.843. The highest BCUT2D eigenvalue weighted by atomic mass is 32.2. The lowest BCUT2D eigenvalue weighted by molar-refractivity contribution is 1.16. The number of benzene rings is 3. The second-order valence-electron chi connectivity index (χ2n) is 5.95. The minimum atomic E-state index is 0.843. The first kappa shape index (κ1) is 15.8. The summed E-state index contributed by atoms with van der Waals surface area (Å²) in [6.45, 7) is 2.11. The fraction of sp³-hybridized carbons (Fsp3) is 0.0952. The first-order valence-electron chi connectivity index (χ1n) is 8.26. The SMILES string of the molecule is Cc1ccc(N2CS/C(=N/Nc3ccccc3)c3ccccc32)cc1. The molecule has 0 amide bonds. The average molecular weight is 345 g/mol. The zero-order chi connectivity index (χ0) is 17.1. The number of hydrazone groups is 1. The van der Waals surface area contributed by atoms with Crippen LogP contribution in [-0.4, -0.2) is 10.9 Å². The Kier molecular flexibility index (Phi) is 4.44. The molecular formula is C21H19N3S. The van der Waals surface area contributed by atoms with Crippen LogP contribution in [-0.2, 0) is 0 Å². The summed E-state index contributed by atoms with van der Waals surface area (Å²) >= 11 is 1.75. The minimum Gasteiger partial charge on any atom is -0.331 e. The molecule has 1 aliphatic heterocycles. The summed E-state index contributed by atoms with van der Waals surface area (Å²) in [5.41, 5.74) is 8.99. The van der Waals surface area contributed by atoms with Gasteiger partial charge in [-0.3, -0.25) is 5.43 Å². The van der Waals surface area contributed by atoms with Gasteiger partial charge in [0.2, 0.25) is 0 Å². The van der Waals surface area contributed by atoms with E-state index in [1.807, 2.05) is 30.3 Å². The van der Waals surface area contributed by atoms with Gasteiger partial charge in [-0.2, -0.15) is 5.10 Å². The molecule has 0 bridgehead atoms. The highest BCUT2D eigenvalue weighted by Gasteiger charge is 2.23. The molecule has 0 aliphatic carbocycles. The lowest BCUT2D eigenvalue weighted by atomic mass is 10.1. The number of aryl methyl sites for hydroxylation is 1. The molecular weight excluding hydrogens is 326 g/mol. The molecule has 1 heterocycles. The molecule has 0 spiro atoms. The van der Waals surface area contributed by atoms with Crippen LogP contribution in [0.5, 0.6) is 0 Å². The summed E-state index contributed by atoms with van der Waals surface area (Å²) in [5.74, 6) is 0.843. The van der Waals surface area contributed by atoms with Gasteiger partial charge in [0.1, 0.15) is 5.04 Å². The predicted octanol–water partition coefficient (Wildman–Crippen LogP) is 5.61. The normalized spacial score (nSPS) is 15.1. The maximum Gasteiger partial charge on any atom is 0.127 e. The Hall–Kier alpha value is -2.72. The lowest BCUT2D eigenvalue weighted by Crippen LogP contribution is -2.24.